The molecule has 2 aromatic rings. The zero-order valence-electron chi connectivity index (χ0n) is 19.7. The van der Waals surface area contributed by atoms with E-state index in [1.54, 1.807) is 19.1 Å². The van der Waals surface area contributed by atoms with Crippen LogP contribution in [0, 0.1) is 12.8 Å². The number of rotatable bonds is 6. The van der Waals surface area contributed by atoms with Crippen molar-refractivity contribution in [2.24, 2.45) is 5.92 Å². The number of amides is 2. The Morgan fingerprint density at radius 3 is 2.58 bits per heavy atom. The molecule has 1 aromatic heterocycles. The van der Waals surface area contributed by atoms with Crippen molar-refractivity contribution < 1.29 is 18.4 Å². The van der Waals surface area contributed by atoms with Gasteiger partial charge in [-0.1, -0.05) is 34.1 Å². The van der Waals surface area contributed by atoms with Gasteiger partial charge in [0.2, 0.25) is 11.8 Å². The fourth-order valence-corrected chi connectivity index (χ4v) is 4.95. The second-order valence-corrected chi connectivity index (χ2v) is 10.0. The van der Waals surface area contributed by atoms with Gasteiger partial charge in [0, 0.05) is 23.1 Å². The van der Waals surface area contributed by atoms with Crippen LogP contribution in [0.15, 0.2) is 40.9 Å². The van der Waals surface area contributed by atoms with Gasteiger partial charge in [-0.15, -0.1) is 24.8 Å². The van der Waals surface area contributed by atoms with Gasteiger partial charge in [-0.05, 0) is 61.6 Å². The van der Waals surface area contributed by atoms with Crippen molar-refractivity contribution in [1.82, 2.24) is 20.5 Å². The maximum Gasteiger partial charge on any atom is 0.267 e. The lowest BCUT2D eigenvalue weighted by Gasteiger charge is -2.26. The Kier molecular flexibility index (Phi) is 10.5. The van der Waals surface area contributed by atoms with E-state index in [4.69, 9.17) is 5.73 Å². The van der Waals surface area contributed by atoms with Gasteiger partial charge in [0.1, 0.15) is 11.9 Å². The normalized spacial score (nSPS) is 22.4. The van der Waals surface area contributed by atoms with E-state index in [9.17, 15) is 18.4 Å². The highest BCUT2D eigenvalue weighted by Gasteiger charge is 2.51. The van der Waals surface area contributed by atoms with E-state index in [2.05, 4.69) is 31.5 Å². The second kappa shape index (κ2) is 12.5. The number of aryl methyl sites for hydroxylation is 1. The summed E-state index contributed by atoms with van der Waals surface area (Å²) < 4.78 is 29.6. The minimum Gasteiger partial charge on any atom is -0.384 e. The number of alkyl halides is 2. The summed E-state index contributed by atoms with van der Waals surface area (Å²) in [4.78, 5) is 31.2. The number of halogens is 5. The average molecular weight is 609 g/mol. The molecular weight excluding hydrogens is 579 g/mol. The van der Waals surface area contributed by atoms with E-state index >= 15 is 0 Å². The Labute approximate surface area is 229 Å². The number of nitrogens with two attached hydrogens (primary N) is 1. The molecule has 2 fully saturated rings. The molecule has 0 saturated carbocycles. The minimum absolute atomic E-state index is 0. The summed E-state index contributed by atoms with van der Waals surface area (Å²) in [6.45, 7) is 1.76. The van der Waals surface area contributed by atoms with E-state index in [1.165, 1.54) is 0 Å². The highest BCUT2D eigenvalue weighted by atomic mass is 79.9. The zero-order valence-corrected chi connectivity index (χ0v) is 22.9. The molecule has 2 saturated heterocycles. The number of nitrogens with one attached hydrogen (secondary N) is 2. The predicted octanol–water partition coefficient (Wildman–Crippen LogP) is 3.65. The highest BCUT2D eigenvalue weighted by molar-refractivity contribution is 9.10. The van der Waals surface area contributed by atoms with Gasteiger partial charge in [-0.3, -0.25) is 9.59 Å². The summed E-state index contributed by atoms with van der Waals surface area (Å²) in [5, 5.41) is 5.86. The topological polar surface area (TPSA) is 100 Å². The quantitative estimate of drug-likeness (QED) is 0.465. The molecule has 3 heterocycles. The van der Waals surface area contributed by atoms with Crippen LogP contribution in [0.5, 0.6) is 0 Å². The van der Waals surface area contributed by atoms with Crippen LogP contribution in [-0.2, 0) is 22.6 Å². The first-order valence-corrected chi connectivity index (χ1v) is 12.1. The number of anilines is 1. The van der Waals surface area contributed by atoms with Crippen LogP contribution in [0.2, 0.25) is 0 Å². The third-order valence-electron chi connectivity index (χ3n) is 6.48. The van der Waals surface area contributed by atoms with Crippen LogP contribution in [-0.4, -0.2) is 52.8 Å². The summed E-state index contributed by atoms with van der Waals surface area (Å²) in [7, 11) is 0. The van der Waals surface area contributed by atoms with Crippen molar-refractivity contribution in [3.8, 4) is 0 Å². The molecule has 1 aromatic carbocycles. The van der Waals surface area contributed by atoms with Gasteiger partial charge in [0.25, 0.3) is 5.92 Å². The molecule has 0 unspecified atom stereocenters. The number of hydrogen-bond acceptors (Lipinski definition) is 5. The van der Waals surface area contributed by atoms with Crippen molar-refractivity contribution in [1.29, 1.82) is 0 Å². The number of aromatic nitrogens is 1. The first kappa shape index (κ1) is 30.2. The van der Waals surface area contributed by atoms with Crippen LogP contribution in [0.25, 0.3) is 0 Å². The van der Waals surface area contributed by atoms with E-state index in [-0.39, 0.29) is 37.3 Å². The SMILES string of the molecule is Cc1nc(N)ccc1CNC(=O)[C@H]1CC(F)(F)CN1C(=O)[C@@H]1C[C@@H](Cc2ccc(Br)cc2)CN1.Cl.Cl. The zero-order chi connectivity index (χ0) is 24.5. The van der Waals surface area contributed by atoms with Gasteiger partial charge in [-0.2, -0.15) is 0 Å². The highest BCUT2D eigenvalue weighted by Crippen LogP contribution is 2.34. The van der Waals surface area contributed by atoms with Crippen molar-refractivity contribution >= 4 is 58.4 Å². The molecule has 0 bridgehead atoms. The molecule has 0 aliphatic carbocycles. The third kappa shape index (κ3) is 7.27. The van der Waals surface area contributed by atoms with Gasteiger partial charge < -0.3 is 21.3 Å². The number of nitrogens with zero attached hydrogens (tertiary/aromatic N) is 2. The van der Waals surface area contributed by atoms with Crippen LogP contribution in [0.3, 0.4) is 0 Å². The number of nitrogen functional groups attached to an aromatic ring is 1. The lowest BCUT2D eigenvalue weighted by atomic mass is 9.96. The molecule has 2 aliphatic rings. The Morgan fingerprint density at radius 1 is 1.22 bits per heavy atom. The number of likely N-dealkylation sites (tertiary alicyclic amines) is 1. The van der Waals surface area contributed by atoms with Crippen LogP contribution in [0.4, 0.5) is 14.6 Å². The minimum atomic E-state index is -3.11. The first-order chi connectivity index (χ1) is 16.1. The summed E-state index contributed by atoms with van der Waals surface area (Å²) >= 11 is 3.42. The maximum atomic E-state index is 14.3. The predicted molar refractivity (Wildman–Crippen MR) is 143 cm³/mol. The number of hydrogen-bond donors (Lipinski definition) is 3. The molecule has 36 heavy (non-hydrogen) atoms. The molecule has 12 heteroatoms. The fraction of sp³-hybridized carbons (Fsp3) is 0.458. The Morgan fingerprint density at radius 2 is 1.92 bits per heavy atom. The van der Waals surface area contributed by atoms with Crippen molar-refractivity contribution in [3.63, 3.8) is 0 Å². The molecule has 4 N–H and O–H groups in total. The molecule has 0 radical (unpaired) electrons. The largest absolute Gasteiger partial charge is 0.384 e. The fourth-order valence-electron chi connectivity index (χ4n) is 4.69. The van der Waals surface area contributed by atoms with E-state index in [0.29, 0.717) is 24.5 Å². The lowest BCUT2D eigenvalue weighted by molar-refractivity contribution is -0.140. The van der Waals surface area contributed by atoms with Crippen molar-refractivity contribution in [3.05, 3.63) is 57.7 Å². The van der Waals surface area contributed by atoms with Crippen molar-refractivity contribution in [2.75, 3.05) is 18.8 Å². The number of pyridine rings is 1. The van der Waals surface area contributed by atoms with Gasteiger partial charge in [-0.25, -0.2) is 13.8 Å². The summed E-state index contributed by atoms with van der Waals surface area (Å²) in [6.07, 6.45) is 0.652. The molecule has 3 atom stereocenters. The molecule has 0 spiro atoms. The van der Waals surface area contributed by atoms with E-state index < -0.39 is 42.8 Å². The molecule has 2 amide bonds. The second-order valence-electron chi connectivity index (χ2n) is 9.13. The number of carbonyl (C=O) groups excluding carboxylic acids is 2. The number of benzene rings is 1. The lowest BCUT2D eigenvalue weighted by Crippen LogP contribution is -2.51. The monoisotopic (exact) mass is 607 g/mol. The Hall–Kier alpha value is -2.01. The van der Waals surface area contributed by atoms with Crippen LogP contribution in [0.1, 0.15) is 29.7 Å². The maximum absolute atomic E-state index is 14.3. The first-order valence-electron chi connectivity index (χ1n) is 11.3. The van der Waals surface area contributed by atoms with Gasteiger partial charge in [0.05, 0.1) is 12.6 Å². The molecular formula is C24H30BrCl2F2N5O2. The summed E-state index contributed by atoms with van der Waals surface area (Å²) in [5.41, 5.74) is 8.19. The van der Waals surface area contributed by atoms with E-state index in [1.807, 2.05) is 24.3 Å². The number of carbonyl (C=O) groups is 2. The summed E-state index contributed by atoms with van der Waals surface area (Å²) in [6, 6.07) is 9.56. The van der Waals surface area contributed by atoms with E-state index in [0.717, 1.165) is 26.9 Å². The van der Waals surface area contributed by atoms with Gasteiger partial charge in [0.15, 0.2) is 0 Å². The smallest absolute Gasteiger partial charge is 0.267 e. The molecule has 2 aliphatic heterocycles. The summed E-state index contributed by atoms with van der Waals surface area (Å²) in [5.74, 6) is -3.56. The average Bonchev–Trinajstić information content (AvgIpc) is 3.38. The standard InChI is InChI=1S/C24H28BrF2N5O2.2ClH/c1-14-17(4-7-21(28)31-14)12-30-22(33)20-10-24(26,27)13-32(20)23(34)19-9-16(11-29-19)8-15-2-5-18(25)6-3-15;;/h2-7,16,19-20,29H,8-13H2,1H3,(H2,28,31)(H,30,33);2*1H/t16-,19+,20-;;/m1../s1. The van der Waals surface area contributed by atoms with Crippen LogP contribution >= 0.6 is 40.7 Å². The van der Waals surface area contributed by atoms with Crippen molar-refractivity contribution in [2.45, 2.75) is 50.7 Å². The molecule has 4 rings (SSSR count). The molecule has 7 nitrogen and oxygen atoms in total. The van der Waals surface area contributed by atoms with Gasteiger partial charge >= 0.3 is 0 Å². The third-order valence-corrected chi connectivity index (χ3v) is 7.01. The molecule has 198 valence electrons. The Bertz CT molecular complexity index is 1080. The van der Waals surface area contributed by atoms with Crippen LogP contribution < -0.4 is 16.4 Å². The Balaban J connectivity index is 0.00000228.